The number of ether oxygens (including phenoxy) is 1. The first-order valence-electron chi connectivity index (χ1n) is 7.07. The lowest BCUT2D eigenvalue weighted by molar-refractivity contribution is 0.102. The number of nitrogens with two attached hydrogens (primary N) is 1. The zero-order valence-corrected chi connectivity index (χ0v) is 12.3. The predicted molar refractivity (Wildman–Crippen MR) is 89.6 cm³/mol. The van der Waals surface area contributed by atoms with Gasteiger partial charge in [0, 0.05) is 6.20 Å². The van der Waals surface area contributed by atoms with Gasteiger partial charge in [0.25, 0.3) is 5.91 Å². The molecule has 0 radical (unpaired) electrons. The number of anilines is 2. The van der Waals surface area contributed by atoms with E-state index in [1.54, 1.807) is 18.2 Å². The Hall–Kier alpha value is -3.34. The van der Waals surface area contributed by atoms with Gasteiger partial charge in [0.1, 0.15) is 5.75 Å². The second kappa shape index (κ2) is 6.62. The standard InChI is InChI=1S/C18H15N3O2/c19-15-12-20-11-10-14(15)18(22)21-16-8-4-5-9-17(16)23-13-6-2-1-3-7-13/h1-12H,19H2,(H,21,22). The van der Waals surface area contributed by atoms with Crippen molar-refractivity contribution in [3.05, 3.63) is 78.6 Å². The molecule has 3 rings (SSSR count). The Morgan fingerprint density at radius 3 is 2.52 bits per heavy atom. The van der Waals surface area contributed by atoms with Crippen molar-refractivity contribution in [1.29, 1.82) is 0 Å². The van der Waals surface area contributed by atoms with E-state index in [9.17, 15) is 4.79 Å². The van der Waals surface area contributed by atoms with Crippen LogP contribution >= 0.6 is 0 Å². The van der Waals surface area contributed by atoms with E-state index < -0.39 is 0 Å². The van der Waals surface area contributed by atoms with Crippen molar-refractivity contribution in [3.8, 4) is 11.5 Å². The van der Waals surface area contributed by atoms with E-state index in [0.717, 1.165) is 0 Å². The fourth-order valence-corrected chi connectivity index (χ4v) is 2.08. The number of hydrogen-bond acceptors (Lipinski definition) is 4. The average Bonchev–Trinajstić information content (AvgIpc) is 2.58. The maximum Gasteiger partial charge on any atom is 0.257 e. The maximum atomic E-state index is 12.4. The van der Waals surface area contributed by atoms with Crippen molar-refractivity contribution >= 4 is 17.3 Å². The molecule has 0 spiro atoms. The number of carbonyl (C=O) groups is 1. The molecule has 0 atom stereocenters. The molecule has 1 amide bonds. The van der Waals surface area contributed by atoms with Crippen LogP contribution in [0.15, 0.2) is 73.1 Å². The van der Waals surface area contributed by atoms with E-state index in [1.807, 2.05) is 42.5 Å². The third-order valence-electron chi connectivity index (χ3n) is 3.20. The highest BCUT2D eigenvalue weighted by Gasteiger charge is 2.12. The number of aromatic nitrogens is 1. The molecule has 0 aliphatic heterocycles. The minimum absolute atomic E-state index is 0.311. The lowest BCUT2D eigenvalue weighted by Crippen LogP contribution is -2.14. The molecule has 23 heavy (non-hydrogen) atoms. The van der Waals surface area contributed by atoms with Gasteiger partial charge in [0.05, 0.1) is 23.1 Å². The van der Waals surface area contributed by atoms with Gasteiger partial charge in [-0.2, -0.15) is 0 Å². The number of nitrogens with zero attached hydrogens (tertiary/aromatic N) is 1. The summed E-state index contributed by atoms with van der Waals surface area (Å²) in [4.78, 5) is 16.2. The zero-order valence-electron chi connectivity index (χ0n) is 12.3. The van der Waals surface area contributed by atoms with Crippen LogP contribution in [-0.2, 0) is 0 Å². The third-order valence-corrected chi connectivity index (χ3v) is 3.20. The summed E-state index contributed by atoms with van der Waals surface area (Å²) in [6, 6.07) is 18.2. The normalized spacial score (nSPS) is 10.1. The van der Waals surface area contributed by atoms with E-state index in [4.69, 9.17) is 10.5 Å². The smallest absolute Gasteiger partial charge is 0.257 e. The Morgan fingerprint density at radius 1 is 1.00 bits per heavy atom. The molecule has 0 aliphatic carbocycles. The summed E-state index contributed by atoms with van der Waals surface area (Å²) in [5.41, 5.74) is 7.04. The molecule has 114 valence electrons. The number of hydrogen-bond donors (Lipinski definition) is 2. The molecule has 1 aromatic heterocycles. The second-order valence-corrected chi connectivity index (χ2v) is 4.83. The van der Waals surface area contributed by atoms with E-state index in [2.05, 4.69) is 10.3 Å². The highest BCUT2D eigenvalue weighted by atomic mass is 16.5. The fraction of sp³-hybridized carbons (Fsp3) is 0. The van der Waals surface area contributed by atoms with Crippen molar-refractivity contribution in [2.75, 3.05) is 11.1 Å². The van der Waals surface area contributed by atoms with Crippen LogP contribution in [0.3, 0.4) is 0 Å². The molecule has 5 nitrogen and oxygen atoms in total. The molecule has 0 saturated carbocycles. The van der Waals surface area contributed by atoms with Crippen molar-refractivity contribution < 1.29 is 9.53 Å². The van der Waals surface area contributed by atoms with Crippen molar-refractivity contribution in [2.45, 2.75) is 0 Å². The Labute approximate surface area is 133 Å². The van der Waals surface area contributed by atoms with Crippen molar-refractivity contribution in [1.82, 2.24) is 4.98 Å². The average molecular weight is 305 g/mol. The van der Waals surface area contributed by atoms with Crippen LogP contribution in [0, 0.1) is 0 Å². The lowest BCUT2D eigenvalue weighted by atomic mass is 10.2. The summed E-state index contributed by atoms with van der Waals surface area (Å²) in [5, 5.41) is 2.82. The number of carbonyl (C=O) groups excluding carboxylic acids is 1. The van der Waals surface area contributed by atoms with Crippen LogP contribution in [0.5, 0.6) is 11.5 Å². The van der Waals surface area contributed by atoms with Gasteiger partial charge in [-0.1, -0.05) is 30.3 Å². The minimum Gasteiger partial charge on any atom is -0.455 e. The molecular weight excluding hydrogens is 290 g/mol. The molecule has 5 heteroatoms. The molecule has 3 N–H and O–H groups in total. The summed E-state index contributed by atoms with van der Waals surface area (Å²) < 4.78 is 5.82. The topological polar surface area (TPSA) is 77.2 Å². The summed E-state index contributed by atoms with van der Waals surface area (Å²) in [7, 11) is 0. The number of pyridine rings is 1. The lowest BCUT2D eigenvalue weighted by Gasteiger charge is -2.12. The number of nitrogens with one attached hydrogen (secondary N) is 1. The van der Waals surface area contributed by atoms with E-state index >= 15 is 0 Å². The van der Waals surface area contributed by atoms with E-state index in [1.165, 1.54) is 12.4 Å². The first-order valence-corrected chi connectivity index (χ1v) is 7.07. The van der Waals surface area contributed by atoms with Crippen LogP contribution in [0.25, 0.3) is 0 Å². The monoisotopic (exact) mass is 305 g/mol. The number of rotatable bonds is 4. The second-order valence-electron chi connectivity index (χ2n) is 4.83. The number of para-hydroxylation sites is 3. The quantitative estimate of drug-likeness (QED) is 0.770. The number of nitrogen functional groups attached to an aromatic ring is 1. The van der Waals surface area contributed by atoms with Gasteiger partial charge in [-0.25, -0.2) is 0 Å². The Kier molecular flexibility index (Phi) is 4.20. The fourth-order valence-electron chi connectivity index (χ4n) is 2.08. The van der Waals surface area contributed by atoms with Crippen LogP contribution < -0.4 is 15.8 Å². The summed E-state index contributed by atoms with van der Waals surface area (Å²) in [6.07, 6.45) is 2.97. The summed E-state index contributed by atoms with van der Waals surface area (Å²) >= 11 is 0. The van der Waals surface area contributed by atoms with Gasteiger partial charge < -0.3 is 15.8 Å². The minimum atomic E-state index is -0.311. The van der Waals surface area contributed by atoms with Gasteiger partial charge in [0.2, 0.25) is 0 Å². The third kappa shape index (κ3) is 3.47. The zero-order chi connectivity index (χ0) is 16.1. The molecule has 0 fully saturated rings. The molecular formula is C18H15N3O2. The molecule has 3 aromatic rings. The molecule has 0 unspecified atom stereocenters. The highest BCUT2D eigenvalue weighted by Crippen LogP contribution is 2.29. The first-order chi connectivity index (χ1) is 11.2. The molecule has 1 heterocycles. The largest absolute Gasteiger partial charge is 0.455 e. The Balaban J connectivity index is 1.84. The molecule has 2 aromatic carbocycles. The van der Waals surface area contributed by atoms with Gasteiger partial charge in [-0.15, -0.1) is 0 Å². The number of benzene rings is 2. The van der Waals surface area contributed by atoms with Crippen LogP contribution in [0.4, 0.5) is 11.4 Å². The summed E-state index contributed by atoms with van der Waals surface area (Å²) in [6.45, 7) is 0. The first kappa shape index (κ1) is 14.6. The van der Waals surface area contributed by atoms with E-state index in [0.29, 0.717) is 28.4 Å². The van der Waals surface area contributed by atoms with Gasteiger partial charge >= 0.3 is 0 Å². The molecule has 0 aliphatic rings. The van der Waals surface area contributed by atoms with Crippen molar-refractivity contribution in [2.24, 2.45) is 0 Å². The summed E-state index contributed by atoms with van der Waals surface area (Å²) in [5.74, 6) is 0.936. The van der Waals surface area contributed by atoms with Gasteiger partial charge in [-0.05, 0) is 30.3 Å². The Bertz CT molecular complexity index is 819. The van der Waals surface area contributed by atoms with Gasteiger partial charge in [-0.3, -0.25) is 9.78 Å². The van der Waals surface area contributed by atoms with Crippen LogP contribution in [0.1, 0.15) is 10.4 Å². The highest BCUT2D eigenvalue weighted by molar-refractivity contribution is 6.08. The van der Waals surface area contributed by atoms with Crippen LogP contribution in [0.2, 0.25) is 0 Å². The van der Waals surface area contributed by atoms with Gasteiger partial charge in [0.15, 0.2) is 5.75 Å². The van der Waals surface area contributed by atoms with E-state index in [-0.39, 0.29) is 5.91 Å². The molecule has 0 bridgehead atoms. The Morgan fingerprint density at radius 2 is 1.74 bits per heavy atom. The maximum absolute atomic E-state index is 12.4. The SMILES string of the molecule is Nc1cnccc1C(=O)Nc1ccccc1Oc1ccccc1. The predicted octanol–water partition coefficient (Wildman–Crippen LogP) is 3.71. The molecule has 0 saturated heterocycles. The van der Waals surface area contributed by atoms with Crippen molar-refractivity contribution in [3.63, 3.8) is 0 Å². The number of amides is 1. The van der Waals surface area contributed by atoms with Crippen LogP contribution in [-0.4, -0.2) is 10.9 Å².